The molecule has 0 atom stereocenters. The summed E-state index contributed by atoms with van der Waals surface area (Å²) in [5.74, 6) is 0.457. The molecule has 1 amide bonds. The van der Waals surface area contributed by atoms with Crippen LogP contribution in [0.2, 0.25) is 0 Å². The number of nitrogens with one attached hydrogen (secondary N) is 2. The molecule has 5 rings (SSSR count). The fourth-order valence-corrected chi connectivity index (χ4v) is 2.86. The van der Waals surface area contributed by atoms with Crippen LogP contribution in [0.25, 0.3) is 28.1 Å². The molecule has 0 unspecified atom stereocenters. The van der Waals surface area contributed by atoms with Crippen LogP contribution >= 0.6 is 0 Å². The second-order valence-corrected chi connectivity index (χ2v) is 6.28. The maximum Gasteiger partial charge on any atom is 0.271 e. The van der Waals surface area contributed by atoms with Gasteiger partial charge in [0.25, 0.3) is 5.91 Å². The maximum atomic E-state index is 12.2. The number of benzene rings is 1. The van der Waals surface area contributed by atoms with Crippen LogP contribution < -0.4 is 5.32 Å². The second kappa shape index (κ2) is 5.76. The van der Waals surface area contributed by atoms with E-state index in [0.717, 1.165) is 35.1 Å². The van der Waals surface area contributed by atoms with Gasteiger partial charge >= 0.3 is 0 Å². The molecule has 1 fully saturated rings. The normalized spacial score (nSPS) is 13.8. The summed E-state index contributed by atoms with van der Waals surface area (Å²) in [6, 6.07) is 5.98. The van der Waals surface area contributed by atoms with E-state index in [4.69, 9.17) is 0 Å². The Morgan fingerprint density at radius 2 is 2.00 bits per heavy atom. The molecule has 0 saturated heterocycles. The van der Waals surface area contributed by atoms with Crippen molar-refractivity contribution in [3.63, 3.8) is 0 Å². The van der Waals surface area contributed by atoms with E-state index in [0.29, 0.717) is 17.6 Å². The molecule has 8 heteroatoms. The van der Waals surface area contributed by atoms with Gasteiger partial charge in [-0.1, -0.05) is 0 Å². The predicted molar refractivity (Wildman–Crippen MR) is 94.7 cm³/mol. The number of aromatic nitrogens is 6. The van der Waals surface area contributed by atoms with Crippen molar-refractivity contribution in [2.24, 2.45) is 0 Å². The summed E-state index contributed by atoms with van der Waals surface area (Å²) in [5.41, 5.74) is 3.73. The van der Waals surface area contributed by atoms with Crippen LogP contribution in [0.4, 0.5) is 0 Å². The minimum absolute atomic E-state index is 0.138. The van der Waals surface area contributed by atoms with Crippen molar-refractivity contribution in [3.05, 3.63) is 55.1 Å². The number of rotatable bonds is 4. The first-order chi connectivity index (χ1) is 12.8. The summed E-state index contributed by atoms with van der Waals surface area (Å²) in [7, 11) is 0. The number of H-pyrrole nitrogens is 1. The molecule has 1 aliphatic rings. The monoisotopic (exact) mass is 345 g/mol. The number of carbonyl (C=O) groups excluding carboxylic acids is 1. The van der Waals surface area contributed by atoms with Crippen molar-refractivity contribution in [2.45, 2.75) is 18.9 Å². The minimum atomic E-state index is -0.138. The Bertz CT molecular complexity index is 1100. The van der Waals surface area contributed by atoms with Crippen LogP contribution in [0.5, 0.6) is 0 Å². The average Bonchev–Trinajstić information content (AvgIpc) is 3.16. The Balaban J connectivity index is 1.57. The quantitative estimate of drug-likeness (QED) is 0.590. The summed E-state index contributed by atoms with van der Waals surface area (Å²) < 4.78 is 1.81. The van der Waals surface area contributed by atoms with Crippen molar-refractivity contribution < 1.29 is 4.79 Å². The third-order valence-corrected chi connectivity index (χ3v) is 4.34. The Kier molecular flexibility index (Phi) is 3.27. The van der Waals surface area contributed by atoms with E-state index in [-0.39, 0.29) is 5.91 Å². The molecule has 3 aromatic heterocycles. The average molecular weight is 345 g/mol. The maximum absolute atomic E-state index is 12.2. The van der Waals surface area contributed by atoms with Gasteiger partial charge in [0.05, 0.1) is 17.4 Å². The Labute approximate surface area is 148 Å². The van der Waals surface area contributed by atoms with Gasteiger partial charge in [0.15, 0.2) is 5.82 Å². The topological polar surface area (TPSA) is 101 Å². The highest BCUT2D eigenvalue weighted by Crippen LogP contribution is 2.27. The third kappa shape index (κ3) is 2.61. The van der Waals surface area contributed by atoms with Gasteiger partial charge in [-0.2, -0.15) is 0 Å². The van der Waals surface area contributed by atoms with Crippen LogP contribution in [0.3, 0.4) is 0 Å². The lowest BCUT2D eigenvalue weighted by Gasteiger charge is -2.06. The van der Waals surface area contributed by atoms with Crippen molar-refractivity contribution >= 4 is 16.9 Å². The predicted octanol–water partition coefficient (Wildman–Crippen LogP) is 2.10. The highest BCUT2D eigenvalue weighted by molar-refractivity contribution is 5.93. The molecule has 0 bridgehead atoms. The molecule has 2 N–H and O–H groups in total. The van der Waals surface area contributed by atoms with Crippen LogP contribution in [-0.4, -0.2) is 41.4 Å². The molecule has 3 heterocycles. The van der Waals surface area contributed by atoms with Gasteiger partial charge in [-0.3, -0.25) is 4.79 Å². The van der Waals surface area contributed by atoms with Gasteiger partial charge in [0.2, 0.25) is 0 Å². The number of carbonyl (C=O) groups is 1. The van der Waals surface area contributed by atoms with Crippen LogP contribution in [-0.2, 0) is 0 Å². The zero-order valence-corrected chi connectivity index (χ0v) is 13.8. The first-order valence-electron chi connectivity index (χ1n) is 8.38. The number of nitrogens with zero attached hydrogens (tertiary/aromatic N) is 5. The summed E-state index contributed by atoms with van der Waals surface area (Å²) in [6.07, 6.45) is 10.5. The second-order valence-electron chi connectivity index (χ2n) is 6.28. The number of aromatic amines is 1. The SMILES string of the molecule is O=C(NC1CC1)c1cn(-c2cc(-c3ncccn3)c3nc[nH]c3c2)cn1. The molecule has 128 valence electrons. The van der Waals surface area contributed by atoms with E-state index in [1.54, 1.807) is 37.3 Å². The van der Waals surface area contributed by atoms with Gasteiger partial charge in [0.1, 0.15) is 12.0 Å². The summed E-state index contributed by atoms with van der Waals surface area (Å²) in [5, 5.41) is 2.95. The van der Waals surface area contributed by atoms with Gasteiger partial charge in [-0.25, -0.2) is 19.9 Å². The molecular weight excluding hydrogens is 330 g/mol. The molecule has 0 spiro atoms. The van der Waals surface area contributed by atoms with Gasteiger partial charge in [-0.05, 0) is 31.0 Å². The van der Waals surface area contributed by atoms with Crippen molar-refractivity contribution in [2.75, 3.05) is 0 Å². The fourth-order valence-electron chi connectivity index (χ4n) is 2.86. The lowest BCUT2D eigenvalue weighted by atomic mass is 10.1. The smallest absolute Gasteiger partial charge is 0.271 e. The van der Waals surface area contributed by atoms with Crippen molar-refractivity contribution in [1.29, 1.82) is 0 Å². The molecule has 0 aliphatic heterocycles. The Morgan fingerprint density at radius 1 is 1.15 bits per heavy atom. The largest absolute Gasteiger partial charge is 0.348 e. The zero-order chi connectivity index (χ0) is 17.5. The summed E-state index contributed by atoms with van der Waals surface area (Å²) in [6.45, 7) is 0. The van der Waals surface area contributed by atoms with E-state index in [1.807, 2.05) is 16.7 Å². The number of amides is 1. The molecule has 1 aromatic carbocycles. The number of hydrogen-bond acceptors (Lipinski definition) is 5. The lowest BCUT2D eigenvalue weighted by Crippen LogP contribution is -2.25. The first kappa shape index (κ1) is 14.8. The molecule has 26 heavy (non-hydrogen) atoms. The molecule has 4 aromatic rings. The fraction of sp³-hybridized carbons (Fsp3) is 0.167. The minimum Gasteiger partial charge on any atom is -0.348 e. The number of imidazole rings is 2. The standard InChI is InChI=1S/C18H15N7O/c26-18(24-11-2-3-11)15-8-25(10-23-15)12-6-13(17-19-4-1-5-20-17)16-14(7-12)21-9-22-16/h1,4-11H,2-3H2,(H,21,22)(H,24,26). The Morgan fingerprint density at radius 3 is 2.81 bits per heavy atom. The highest BCUT2D eigenvalue weighted by Gasteiger charge is 2.24. The van der Waals surface area contributed by atoms with Gasteiger partial charge < -0.3 is 14.9 Å². The summed E-state index contributed by atoms with van der Waals surface area (Å²) >= 11 is 0. The van der Waals surface area contributed by atoms with E-state index in [2.05, 4.69) is 30.2 Å². The first-order valence-corrected chi connectivity index (χ1v) is 8.38. The van der Waals surface area contributed by atoms with Gasteiger partial charge in [0, 0.05) is 35.9 Å². The third-order valence-electron chi connectivity index (χ3n) is 4.34. The van der Waals surface area contributed by atoms with E-state index in [1.165, 1.54) is 0 Å². The molecular formula is C18H15N7O. The number of hydrogen-bond donors (Lipinski definition) is 2. The molecule has 1 aliphatic carbocycles. The van der Waals surface area contributed by atoms with E-state index >= 15 is 0 Å². The zero-order valence-electron chi connectivity index (χ0n) is 13.8. The van der Waals surface area contributed by atoms with Crippen molar-refractivity contribution in [1.82, 2.24) is 34.8 Å². The molecule has 1 saturated carbocycles. The Hall–Kier alpha value is -3.55. The molecule has 0 radical (unpaired) electrons. The number of fused-ring (bicyclic) bond motifs is 1. The van der Waals surface area contributed by atoms with E-state index in [9.17, 15) is 4.79 Å². The van der Waals surface area contributed by atoms with Crippen molar-refractivity contribution in [3.8, 4) is 17.1 Å². The van der Waals surface area contributed by atoms with Gasteiger partial charge in [-0.15, -0.1) is 0 Å². The summed E-state index contributed by atoms with van der Waals surface area (Å²) in [4.78, 5) is 32.6. The van der Waals surface area contributed by atoms with Crippen LogP contribution in [0.15, 0.2) is 49.4 Å². The molecule has 8 nitrogen and oxygen atoms in total. The van der Waals surface area contributed by atoms with Crippen LogP contribution in [0, 0.1) is 0 Å². The highest BCUT2D eigenvalue weighted by atomic mass is 16.2. The van der Waals surface area contributed by atoms with E-state index < -0.39 is 0 Å². The van der Waals surface area contributed by atoms with Crippen LogP contribution in [0.1, 0.15) is 23.3 Å². The lowest BCUT2D eigenvalue weighted by molar-refractivity contribution is 0.0946.